The Morgan fingerprint density at radius 2 is 1.50 bits per heavy atom. The van der Waals surface area contributed by atoms with Crippen LogP contribution in [-0.4, -0.2) is 154 Å². The Balaban J connectivity index is 2.19. The van der Waals surface area contributed by atoms with Gasteiger partial charge in [-0.3, -0.25) is 4.79 Å². The highest BCUT2D eigenvalue weighted by atomic mass is 16.7. The molecular formula is C44H84N2O12. The average Bonchev–Trinajstić information content (AvgIpc) is 3.15. The number of carbonyl (C=O) groups is 1. The number of methoxy groups -OCH3 is 1. The quantitative estimate of drug-likeness (QED) is 0.108. The van der Waals surface area contributed by atoms with Gasteiger partial charge in [-0.1, -0.05) is 60.3 Å². The molecule has 0 aromatic carbocycles. The lowest BCUT2D eigenvalue weighted by atomic mass is 9.72. The molecule has 3 saturated heterocycles. The Hall–Kier alpha value is -1.01. The first-order valence-electron chi connectivity index (χ1n) is 22.2. The third kappa shape index (κ3) is 12.3. The van der Waals surface area contributed by atoms with Gasteiger partial charge in [-0.05, 0) is 93.8 Å². The van der Waals surface area contributed by atoms with E-state index in [1.165, 1.54) is 14.0 Å². The predicted octanol–water partition coefficient (Wildman–Crippen LogP) is 4.15. The first kappa shape index (κ1) is 51.3. The summed E-state index contributed by atoms with van der Waals surface area (Å²) in [7, 11) is 5.31. The number of aliphatic hydroxyl groups is 5. The molecule has 0 spiro atoms. The van der Waals surface area contributed by atoms with Gasteiger partial charge in [0.1, 0.15) is 23.9 Å². The zero-order valence-corrected chi connectivity index (χ0v) is 38.3. The molecule has 19 atom stereocenters. The molecule has 3 rings (SSSR count). The number of likely N-dealkylation sites (N-methyl/N-ethyl adjacent to an activating group) is 1. The molecule has 3 aliphatic heterocycles. The molecule has 3 aliphatic rings. The molecule has 0 aromatic heterocycles. The van der Waals surface area contributed by atoms with E-state index in [1.54, 1.807) is 34.6 Å². The van der Waals surface area contributed by atoms with E-state index in [-0.39, 0.29) is 43.4 Å². The van der Waals surface area contributed by atoms with Crippen molar-refractivity contribution in [1.29, 1.82) is 0 Å². The van der Waals surface area contributed by atoms with E-state index in [0.717, 1.165) is 32.1 Å². The standard InChI is InChI=1S/C44H84N2O12/c1-15-17-18-19-20-21-45-34-25(3)23-42(9,51)39(58-41-35(47)31(46(12)13)22-26(4)54-41)28(6)36(57-33-24-43(10,53-14)38(49)30(8)55-33)29(7)40(50)56-32(16-2)44(11,52)37(48)27(34)5/h25-39,41,45,47-49,51-52H,15-24H2,1-14H3/t25-,26-,27+,28+,29-,30+,31+,32-,33+,34?,35-,36+,37-,38+,39?,41+,42-,43-,44-/m1/s1. The van der Waals surface area contributed by atoms with Crippen LogP contribution in [0.1, 0.15) is 134 Å². The molecule has 342 valence electrons. The Labute approximate surface area is 350 Å². The van der Waals surface area contributed by atoms with Crippen molar-refractivity contribution in [3.05, 3.63) is 0 Å². The second-order valence-corrected chi connectivity index (χ2v) is 19.1. The summed E-state index contributed by atoms with van der Waals surface area (Å²) in [6.45, 7) is 20.7. The van der Waals surface area contributed by atoms with Crippen molar-refractivity contribution >= 4 is 5.97 Å². The second kappa shape index (κ2) is 21.9. The molecule has 3 heterocycles. The lowest BCUT2D eigenvalue weighted by Gasteiger charge is -2.49. The van der Waals surface area contributed by atoms with Crippen molar-refractivity contribution in [1.82, 2.24) is 10.2 Å². The summed E-state index contributed by atoms with van der Waals surface area (Å²) in [5.74, 6) is -3.25. The molecule has 0 saturated carbocycles. The summed E-state index contributed by atoms with van der Waals surface area (Å²) < 4.78 is 38.0. The lowest BCUT2D eigenvalue weighted by molar-refractivity contribution is -0.318. The highest BCUT2D eigenvalue weighted by Crippen LogP contribution is 2.41. The molecule has 0 amide bonds. The van der Waals surface area contributed by atoms with E-state index in [2.05, 4.69) is 12.2 Å². The smallest absolute Gasteiger partial charge is 0.311 e. The minimum absolute atomic E-state index is 0.133. The number of unbranched alkanes of at least 4 members (excludes halogenated alkanes) is 4. The number of rotatable bonds is 14. The van der Waals surface area contributed by atoms with Crippen molar-refractivity contribution in [3.8, 4) is 0 Å². The maximum Gasteiger partial charge on any atom is 0.311 e. The largest absolute Gasteiger partial charge is 0.459 e. The third-order valence-electron chi connectivity index (χ3n) is 13.8. The van der Waals surface area contributed by atoms with Crippen LogP contribution in [0.3, 0.4) is 0 Å². The lowest BCUT2D eigenvalue weighted by Crippen LogP contribution is -2.62. The highest BCUT2D eigenvalue weighted by molar-refractivity contribution is 5.73. The van der Waals surface area contributed by atoms with Crippen LogP contribution >= 0.6 is 0 Å². The van der Waals surface area contributed by atoms with Crippen LogP contribution in [0.5, 0.6) is 0 Å². The van der Waals surface area contributed by atoms with Gasteiger partial charge in [0, 0.05) is 37.5 Å². The van der Waals surface area contributed by atoms with E-state index in [1.807, 2.05) is 46.7 Å². The number of hydrogen-bond donors (Lipinski definition) is 6. The number of nitrogens with zero attached hydrogens (tertiary/aromatic N) is 1. The molecule has 0 aromatic rings. The van der Waals surface area contributed by atoms with Gasteiger partial charge in [-0.15, -0.1) is 0 Å². The summed E-state index contributed by atoms with van der Waals surface area (Å²) in [6, 6.07) is -0.656. The molecule has 14 heteroatoms. The first-order valence-corrected chi connectivity index (χ1v) is 22.2. The minimum Gasteiger partial charge on any atom is -0.459 e. The van der Waals surface area contributed by atoms with Gasteiger partial charge in [-0.25, -0.2) is 0 Å². The van der Waals surface area contributed by atoms with Crippen molar-refractivity contribution in [2.24, 2.45) is 23.7 Å². The van der Waals surface area contributed by atoms with Gasteiger partial charge in [0.2, 0.25) is 0 Å². The topological polar surface area (TPSA) is 189 Å². The molecule has 2 unspecified atom stereocenters. The van der Waals surface area contributed by atoms with Crippen molar-refractivity contribution < 1.29 is 58.7 Å². The number of nitrogens with one attached hydrogen (secondary N) is 1. The summed E-state index contributed by atoms with van der Waals surface area (Å²) in [5.41, 5.74) is -4.47. The van der Waals surface area contributed by atoms with Crippen molar-refractivity contribution in [2.75, 3.05) is 27.7 Å². The van der Waals surface area contributed by atoms with E-state index in [0.29, 0.717) is 13.0 Å². The van der Waals surface area contributed by atoms with Crippen molar-refractivity contribution in [3.63, 3.8) is 0 Å². The second-order valence-electron chi connectivity index (χ2n) is 19.1. The average molecular weight is 833 g/mol. The van der Waals surface area contributed by atoms with E-state index >= 15 is 0 Å². The van der Waals surface area contributed by atoms with Gasteiger partial charge >= 0.3 is 5.97 Å². The fourth-order valence-electron chi connectivity index (χ4n) is 9.99. The van der Waals surface area contributed by atoms with Crippen LogP contribution in [0.25, 0.3) is 0 Å². The maximum atomic E-state index is 14.4. The van der Waals surface area contributed by atoms with Gasteiger partial charge in [0.15, 0.2) is 12.6 Å². The first-order chi connectivity index (χ1) is 27.0. The molecular weight excluding hydrogens is 748 g/mol. The van der Waals surface area contributed by atoms with Crippen LogP contribution in [0, 0.1) is 23.7 Å². The van der Waals surface area contributed by atoms with Crippen LogP contribution in [0.15, 0.2) is 0 Å². The van der Waals surface area contributed by atoms with Gasteiger partial charge in [-0.2, -0.15) is 0 Å². The molecule has 6 N–H and O–H groups in total. The van der Waals surface area contributed by atoms with E-state index in [4.69, 9.17) is 28.4 Å². The van der Waals surface area contributed by atoms with Gasteiger partial charge in [0.05, 0.1) is 47.6 Å². The van der Waals surface area contributed by atoms with Gasteiger partial charge < -0.3 is 64.2 Å². The number of hydrogen-bond acceptors (Lipinski definition) is 14. The molecule has 0 radical (unpaired) electrons. The Morgan fingerprint density at radius 3 is 2.09 bits per heavy atom. The number of carbonyl (C=O) groups excluding carboxylic acids is 1. The van der Waals surface area contributed by atoms with E-state index in [9.17, 15) is 30.3 Å². The van der Waals surface area contributed by atoms with Crippen LogP contribution < -0.4 is 5.32 Å². The zero-order chi connectivity index (χ0) is 43.9. The maximum absolute atomic E-state index is 14.4. The fraction of sp³-hybridized carbons (Fsp3) is 0.977. The summed E-state index contributed by atoms with van der Waals surface area (Å²) >= 11 is 0. The molecule has 0 aliphatic carbocycles. The Kier molecular flexibility index (Phi) is 19.4. The van der Waals surface area contributed by atoms with Crippen LogP contribution in [0.4, 0.5) is 0 Å². The van der Waals surface area contributed by atoms with E-state index < -0.39 is 95.8 Å². The van der Waals surface area contributed by atoms with Gasteiger partial charge in [0.25, 0.3) is 0 Å². The van der Waals surface area contributed by atoms with Crippen LogP contribution in [0.2, 0.25) is 0 Å². The SMILES string of the molecule is CCCCCCCNC1[C@H](C)C[C@@](C)(O)C(O[C@@H]2O[C@H](C)C[C@H](N(C)C)[C@H]2O)[C@@H](C)[C@H](O[C@H]2C[C@@](C)(OC)[C@@H](O)[C@H](C)O2)[C@@H](C)C(=O)O[C@H](CC)[C@@](C)(O)[C@H](O)[C@H]1C. The monoisotopic (exact) mass is 833 g/mol. The summed E-state index contributed by atoms with van der Waals surface area (Å²) in [4.78, 5) is 16.3. The zero-order valence-electron chi connectivity index (χ0n) is 38.3. The predicted molar refractivity (Wildman–Crippen MR) is 222 cm³/mol. The Bertz CT molecular complexity index is 1240. The third-order valence-corrected chi connectivity index (χ3v) is 13.8. The molecule has 14 nitrogen and oxygen atoms in total. The molecule has 58 heavy (non-hydrogen) atoms. The number of cyclic esters (lactones) is 1. The number of esters is 1. The molecule has 3 fully saturated rings. The Morgan fingerprint density at radius 1 is 0.862 bits per heavy atom. The number of ether oxygens (including phenoxy) is 6. The summed E-state index contributed by atoms with van der Waals surface area (Å²) in [6.07, 6.45) is -2.96. The number of aliphatic hydroxyl groups excluding tert-OH is 3. The fourth-order valence-corrected chi connectivity index (χ4v) is 9.99. The van der Waals surface area contributed by atoms with Crippen molar-refractivity contribution in [2.45, 2.75) is 224 Å². The molecule has 0 bridgehead atoms. The summed E-state index contributed by atoms with van der Waals surface area (Å²) in [5, 5.41) is 63.3. The highest BCUT2D eigenvalue weighted by Gasteiger charge is 2.53. The minimum atomic E-state index is -1.82. The normalized spacial score (nSPS) is 46.4. The van der Waals surface area contributed by atoms with Crippen LogP contribution in [-0.2, 0) is 33.2 Å².